The van der Waals surface area contributed by atoms with Crippen LogP contribution in [0, 0.1) is 0 Å². The predicted molar refractivity (Wildman–Crippen MR) is 237 cm³/mol. The minimum atomic E-state index is 0.0837. The van der Waals surface area contributed by atoms with Crippen molar-refractivity contribution in [1.29, 1.82) is 0 Å². The third kappa shape index (κ3) is 14.6. The van der Waals surface area contributed by atoms with Crippen LogP contribution in [0.3, 0.4) is 0 Å². The highest BCUT2D eigenvalue weighted by atomic mass is 32.2. The van der Waals surface area contributed by atoms with Gasteiger partial charge in [0, 0.05) is 9.79 Å². The first kappa shape index (κ1) is 43.7. The smallest absolute Gasteiger partial charge is 0.167 e. The van der Waals surface area contributed by atoms with Crippen LogP contribution in [0.4, 0.5) is 0 Å². The van der Waals surface area contributed by atoms with E-state index in [1.807, 2.05) is 36.4 Å². The van der Waals surface area contributed by atoms with E-state index in [2.05, 4.69) is 26.6 Å². The number of thioether (sulfide) groups is 2. The number of phenols is 3. The van der Waals surface area contributed by atoms with Gasteiger partial charge < -0.3 is 15.3 Å². The third-order valence-corrected chi connectivity index (χ3v) is 13.5. The van der Waals surface area contributed by atoms with Crippen molar-refractivity contribution < 1.29 is 15.3 Å². The molecule has 9 heteroatoms. The number of aromatic hydroxyl groups is 3. The van der Waals surface area contributed by atoms with Crippen LogP contribution in [0.2, 0.25) is 0 Å². The molecule has 3 aromatic carbocycles. The Morgan fingerprint density at radius 2 is 0.944 bits per heavy atom. The van der Waals surface area contributed by atoms with E-state index in [4.69, 9.17) is 15.0 Å². The van der Waals surface area contributed by atoms with E-state index in [-0.39, 0.29) is 45.2 Å². The van der Waals surface area contributed by atoms with Crippen LogP contribution in [-0.2, 0) is 6.42 Å². The molecule has 0 aliphatic rings. The second kappa shape index (κ2) is 24.5. The predicted octanol–water partition coefficient (Wildman–Crippen LogP) is 13.3. The van der Waals surface area contributed by atoms with Gasteiger partial charge in [-0.15, -0.1) is 23.5 Å². The number of hydrogen-bond acceptors (Lipinski definition) is 8. The zero-order valence-corrected chi connectivity index (χ0v) is 35.4. The fraction of sp³-hybridized carbons (Fsp3) is 0.511. The van der Waals surface area contributed by atoms with Crippen molar-refractivity contribution in [2.75, 3.05) is 23.0 Å². The second-order valence-corrected chi connectivity index (χ2v) is 18.6. The van der Waals surface area contributed by atoms with Gasteiger partial charge in [0.2, 0.25) is 0 Å². The first-order chi connectivity index (χ1) is 26.3. The number of aryl methyl sites for hydroxylation is 1. The molecular weight excluding hydrogens is 727 g/mol. The average Bonchev–Trinajstić information content (AvgIpc) is 3.16. The highest BCUT2D eigenvalue weighted by Gasteiger charge is 2.19. The third-order valence-electron chi connectivity index (χ3n) is 9.53. The monoisotopic (exact) mass is 789 g/mol. The molecule has 0 bridgehead atoms. The van der Waals surface area contributed by atoms with Gasteiger partial charge >= 0.3 is 0 Å². The summed E-state index contributed by atoms with van der Waals surface area (Å²) in [5.41, 5.74) is 2.47. The number of nitrogens with zero attached hydrogens (tertiary/aromatic N) is 3. The molecule has 0 fully saturated rings. The summed E-state index contributed by atoms with van der Waals surface area (Å²) in [6, 6.07) is 16.9. The van der Waals surface area contributed by atoms with Crippen molar-refractivity contribution in [2.24, 2.45) is 0 Å². The van der Waals surface area contributed by atoms with Gasteiger partial charge in [-0.25, -0.2) is 15.0 Å². The van der Waals surface area contributed by atoms with Gasteiger partial charge in [0.1, 0.15) is 17.2 Å². The van der Waals surface area contributed by atoms with Gasteiger partial charge in [-0.05, 0) is 116 Å². The van der Waals surface area contributed by atoms with Crippen LogP contribution in [-0.4, -0.2) is 59.2 Å². The normalized spacial score (nSPS) is 12.0. The summed E-state index contributed by atoms with van der Waals surface area (Å²) in [4.78, 5) is 16.4. The Morgan fingerprint density at radius 3 is 1.39 bits per heavy atom. The van der Waals surface area contributed by atoms with Gasteiger partial charge in [-0.3, -0.25) is 0 Å². The molecule has 1 aromatic heterocycles. The molecule has 0 aliphatic heterocycles. The summed E-state index contributed by atoms with van der Waals surface area (Å²) in [6.45, 7) is 6.68. The van der Waals surface area contributed by atoms with E-state index in [9.17, 15) is 15.3 Å². The van der Waals surface area contributed by atoms with Crippen molar-refractivity contribution in [3.63, 3.8) is 0 Å². The SMILES string of the molecule is C=S(CCC)CCCCc1ccc(-c2nc(-c3ccc(SCCCCCCCC)cc3O)nc(-c3ccc(SCCCCCCCC)cc3O)n2)c(O)c1. The van der Waals surface area contributed by atoms with Crippen LogP contribution in [0.25, 0.3) is 34.2 Å². The molecule has 1 atom stereocenters. The zero-order valence-electron chi connectivity index (χ0n) is 33.0. The molecule has 4 rings (SSSR count). The van der Waals surface area contributed by atoms with E-state index in [1.54, 1.807) is 41.7 Å². The van der Waals surface area contributed by atoms with Gasteiger partial charge in [-0.2, -0.15) is 10.5 Å². The molecule has 294 valence electrons. The molecule has 54 heavy (non-hydrogen) atoms. The van der Waals surface area contributed by atoms with Crippen LogP contribution < -0.4 is 0 Å². The van der Waals surface area contributed by atoms with E-state index in [0.29, 0.717) is 16.7 Å². The van der Waals surface area contributed by atoms with Crippen LogP contribution in [0.1, 0.15) is 123 Å². The fourth-order valence-corrected chi connectivity index (χ4v) is 9.69. The molecule has 0 spiro atoms. The Bertz CT molecular complexity index is 1660. The van der Waals surface area contributed by atoms with E-state index >= 15 is 0 Å². The number of aromatic nitrogens is 3. The fourth-order valence-electron chi connectivity index (χ4n) is 6.41. The quantitative estimate of drug-likeness (QED) is 0.0329. The lowest BCUT2D eigenvalue weighted by Crippen LogP contribution is -2.01. The molecular formula is C45H63N3O3S3. The molecule has 0 radical (unpaired) electrons. The topological polar surface area (TPSA) is 99.4 Å². The minimum Gasteiger partial charge on any atom is -0.507 e. The number of hydrogen-bond donors (Lipinski definition) is 3. The van der Waals surface area contributed by atoms with Crippen LogP contribution in [0.5, 0.6) is 17.2 Å². The Morgan fingerprint density at radius 1 is 0.500 bits per heavy atom. The van der Waals surface area contributed by atoms with E-state index in [1.165, 1.54) is 76.4 Å². The number of unbranched alkanes of at least 4 members (excludes halogenated alkanes) is 11. The van der Waals surface area contributed by atoms with Gasteiger partial charge in [-0.1, -0.05) is 96.9 Å². The zero-order chi connectivity index (χ0) is 38.5. The maximum Gasteiger partial charge on any atom is 0.167 e. The first-order valence-corrected chi connectivity index (χ1v) is 24.0. The van der Waals surface area contributed by atoms with Crippen molar-refractivity contribution >= 4 is 39.9 Å². The summed E-state index contributed by atoms with van der Waals surface area (Å²) in [7, 11) is 0.229. The number of phenolic OH excluding ortho intramolecular Hbond substituents is 3. The lowest BCUT2D eigenvalue weighted by Gasteiger charge is -2.13. The average molecular weight is 790 g/mol. The van der Waals surface area contributed by atoms with E-state index < -0.39 is 0 Å². The largest absolute Gasteiger partial charge is 0.507 e. The summed E-state index contributed by atoms with van der Waals surface area (Å²) in [5.74, 6) is 9.72. The lowest BCUT2D eigenvalue weighted by atomic mass is 10.0. The Labute approximate surface area is 336 Å². The number of rotatable bonds is 26. The Balaban J connectivity index is 1.56. The van der Waals surface area contributed by atoms with Crippen molar-refractivity contribution in [1.82, 2.24) is 15.0 Å². The molecule has 3 N–H and O–H groups in total. The van der Waals surface area contributed by atoms with Gasteiger partial charge in [0.05, 0.1) is 16.7 Å². The summed E-state index contributed by atoms with van der Waals surface area (Å²) < 4.78 is 0. The van der Waals surface area contributed by atoms with Crippen molar-refractivity contribution in [2.45, 2.75) is 133 Å². The molecule has 1 heterocycles. The van der Waals surface area contributed by atoms with Crippen molar-refractivity contribution in [3.05, 3.63) is 60.2 Å². The molecule has 0 saturated heterocycles. The molecule has 0 aliphatic carbocycles. The summed E-state index contributed by atoms with van der Waals surface area (Å²) in [5, 5.41) is 33.8. The van der Waals surface area contributed by atoms with Gasteiger partial charge in [0.25, 0.3) is 0 Å². The van der Waals surface area contributed by atoms with Gasteiger partial charge in [0.15, 0.2) is 17.5 Å². The molecule has 4 aromatic rings. The Hall–Kier alpha value is -3.01. The van der Waals surface area contributed by atoms with Crippen LogP contribution in [0.15, 0.2) is 64.4 Å². The molecule has 0 amide bonds. The number of benzene rings is 3. The maximum atomic E-state index is 11.3. The molecule has 1 unspecified atom stereocenters. The van der Waals surface area contributed by atoms with E-state index in [0.717, 1.165) is 64.7 Å². The summed E-state index contributed by atoms with van der Waals surface area (Å²) >= 11 is 3.49. The minimum absolute atomic E-state index is 0.0837. The highest BCUT2D eigenvalue weighted by Crippen LogP contribution is 2.38. The Kier molecular flexibility index (Phi) is 19.8. The second-order valence-electron chi connectivity index (χ2n) is 14.2. The summed E-state index contributed by atoms with van der Waals surface area (Å²) in [6.07, 6.45) is 19.2. The standard InChI is InChI=1S/C45H63N3O3S3/c1-5-8-10-12-14-17-27-52-35-22-25-38(41(50)32-35)44-46-43(37-24-21-34(31-40(37)49)20-16-19-30-54(4)29-7-3)47-45(48-44)39-26-23-36(33-42(39)51)53-28-18-15-13-11-9-6-2/h21-26,31-33,49-51H,4-20,27-30H2,1-3H3. The maximum absolute atomic E-state index is 11.3. The lowest BCUT2D eigenvalue weighted by molar-refractivity contribution is 0.475. The first-order valence-electron chi connectivity index (χ1n) is 20.3. The highest BCUT2D eigenvalue weighted by molar-refractivity contribution is 8.14. The van der Waals surface area contributed by atoms with Crippen LogP contribution >= 0.6 is 34.0 Å². The molecule has 6 nitrogen and oxygen atoms in total. The molecule has 0 saturated carbocycles. The van der Waals surface area contributed by atoms with Crippen molar-refractivity contribution in [3.8, 4) is 51.4 Å².